The molecule has 3 heterocycles. The molecule has 0 radical (unpaired) electrons. The predicted octanol–water partition coefficient (Wildman–Crippen LogP) is 4.04. The largest absolute Gasteiger partial charge is 0.474 e. The summed E-state index contributed by atoms with van der Waals surface area (Å²) in [6.45, 7) is 4.78. The highest BCUT2D eigenvalue weighted by molar-refractivity contribution is 7.22. The minimum absolute atomic E-state index is 0.0303. The van der Waals surface area contributed by atoms with Crippen LogP contribution in [-0.2, 0) is 11.2 Å². The van der Waals surface area contributed by atoms with E-state index in [-0.39, 0.29) is 17.9 Å². The SMILES string of the molecule is CC(C)Oc1ncnc2nc(N3CCC[C@@H]3C(=O)CCc3ccccc3)sc12. The summed E-state index contributed by atoms with van der Waals surface area (Å²) < 4.78 is 6.64. The van der Waals surface area contributed by atoms with Crippen molar-refractivity contribution in [2.45, 2.75) is 51.7 Å². The quantitative estimate of drug-likeness (QED) is 0.600. The lowest BCUT2D eigenvalue weighted by Gasteiger charge is -2.22. The van der Waals surface area contributed by atoms with Crippen LogP contribution in [0.25, 0.3) is 10.3 Å². The van der Waals surface area contributed by atoms with Crippen LogP contribution in [0.2, 0.25) is 0 Å². The fourth-order valence-electron chi connectivity index (χ4n) is 3.56. The maximum atomic E-state index is 12.9. The number of ketones is 1. The summed E-state index contributed by atoms with van der Waals surface area (Å²) in [5, 5.41) is 0.833. The first-order chi connectivity index (χ1) is 13.6. The average Bonchev–Trinajstić information content (AvgIpc) is 3.33. The molecule has 0 amide bonds. The Labute approximate surface area is 168 Å². The van der Waals surface area contributed by atoms with Crippen molar-refractivity contribution < 1.29 is 9.53 Å². The van der Waals surface area contributed by atoms with Gasteiger partial charge in [0.1, 0.15) is 11.0 Å². The third-order valence-electron chi connectivity index (χ3n) is 4.87. The Morgan fingerprint density at radius 2 is 2.11 bits per heavy atom. The number of thiazole rings is 1. The molecule has 0 aliphatic carbocycles. The number of carbonyl (C=O) groups is 1. The molecule has 3 aromatic rings. The number of hydrogen-bond acceptors (Lipinski definition) is 7. The maximum Gasteiger partial charge on any atom is 0.236 e. The van der Waals surface area contributed by atoms with E-state index < -0.39 is 0 Å². The van der Waals surface area contributed by atoms with Gasteiger partial charge >= 0.3 is 0 Å². The molecule has 146 valence electrons. The first kappa shape index (κ1) is 18.8. The lowest BCUT2D eigenvalue weighted by Crippen LogP contribution is -2.36. The van der Waals surface area contributed by atoms with E-state index in [4.69, 9.17) is 4.74 Å². The topological polar surface area (TPSA) is 68.2 Å². The van der Waals surface area contributed by atoms with Gasteiger partial charge in [0.15, 0.2) is 16.6 Å². The van der Waals surface area contributed by atoms with Crippen molar-refractivity contribution in [3.8, 4) is 5.88 Å². The summed E-state index contributed by atoms with van der Waals surface area (Å²) in [6, 6.07) is 10.1. The van der Waals surface area contributed by atoms with Crippen molar-refractivity contribution in [2.24, 2.45) is 0 Å². The zero-order valence-corrected chi connectivity index (χ0v) is 17.0. The number of hydrogen-bond donors (Lipinski definition) is 0. The molecule has 1 aliphatic heterocycles. The highest BCUT2D eigenvalue weighted by Crippen LogP contribution is 2.36. The highest BCUT2D eigenvalue weighted by Gasteiger charge is 2.32. The maximum absolute atomic E-state index is 12.9. The second-order valence-corrected chi connectivity index (χ2v) is 8.28. The van der Waals surface area contributed by atoms with Crippen LogP contribution in [0.15, 0.2) is 36.7 Å². The van der Waals surface area contributed by atoms with E-state index in [1.54, 1.807) is 0 Å². The number of aryl methyl sites for hydroxylation is 1. The van der Waals surface area contributed by atoms with Gasteiger partial charge in [-0.2, -0.15) is 4.98 Å². The number of ether oxygens (including phenoxy) is 1. The summed E-state index contributed by atoms with van der Waals surface area (Å²) in [4.78, 5) is 28.3. The van der Waals surface area contributed by atoms with Crippen molar-refractivity contribution in [1.29, 1.82) is 0 Å². The van der Waals surface area contributed by atoms with Gasteiger partial charge in [0.2, 0.25) is 5.88 Å². The van der Waals surface area contributed by atoms with Gasteiger partial charge in [0.05, 0.1) is 12.1 Å². The molecule has 0 N–H and O–H groups in total. The van der Waals surface area contributed by atoms with E-state index in [1.165, 1.54) is 23.2 Å². The van der Waals surface area contributed by atoms with E-state index in [9.17, 15) is 4.79 Å². The summed E-state index contributed by atoms with van der Waals surface area (Å²) >= 11 is 1.51. The summed E-state index contributed by atoms with van der Waals surface area (Å²) in [5.74, 6) is 0.847. The van der Waals surface area contributed by atoms with E-state index in [1.807, 2.05) is 32.0 Å². The first-order valence-electron chi connectivity index (χ1n) is 9.73. The van der Waals surface area contributed by atoms with Crippen LogP contribution in [-0.4, -0.2) is 39.4 Å². The average molecular weight is 397 g/mol. The van der Waals surface area contributed by atoms with Crippen LogP contribution in [0.1, 0.15) is 38.7 Å². The normalized spacial score (nSPS) is 16.8. The van der Waals surface area contributed by atoms with Gasteiger partial charge in [-0.1, -0.05) is 41.7 Å². The van der Waals surface area contributed by atoms with Crippen molar-refractivity contribution in [2.75, 3.05) is 11.4 Å². The Balaban J connectivity index is 1.52. The van der Waals surface area contributed by atoms with Gasteiger partial charge in [-0.05, 0) is 38.7 Å². The molecular weight excluding hydrogens is 372 g/mol. The van der Waals surface area contributed by atoms with Crippen LogP contribution in [0.3, 0.4) is 0 Å². The fraction of sp³-hybridized carbons (Fsp3) is 0.429. The molecule has 0 unspecified atom stereocenters. The Kier molecular flexibility index (Phi) is 5.52. The second kappa shape index (κ2) is 8.22. The van der Waals surface area contributed by atoms with Crippen molar-refractivity contribution in [3.05, 3.63) is 42.2 Å². The van der Waals surface area contributed by atoms with Gasteiger partial charge in [0.25, 0.3) is 0 Å². The number of fused-ring (bicyclic) bond motifs is 1. The molecule has 0 saturated carbocycles. The van der Waals surface area contributed by atoms with E-state index in [2.05, 4.69) is 32.0 Å². The van der Waals surface area contributed by atoms with Gasteiger partial charge in [-0.3, -0.25) is 4.79 Å². The number of carbonyl (C=O) groups excluding carboxylic acids is 1. The highest BCUT2D eigenvalue weighted by atomic mass is 32.1. The predicted molar refractivity (Wildman–Crippen MR) is 111 cm³/mol. The molecule has 0 bridgehead atoms. The van der Waals surface area contributed by atoms with Crippen LogP contribution in [0.5, 0.6) is 5.88 Å². The molecule has 6 nitrogen and oxygen atoms in total. The Hall–Kier alpha value is -2.54. The number of aromatic nitrogens is 3. The molecular formula is C21H24N4O2S. The molecule has 28 heavy (non-hydrogen) atoms. The Bertz CT molecular complexity index is 957. The van der Waals surface area contributed by atoms with E-state index in [0.29, 0.717) is 17.9 Å². The minimum Gasteiger partial charge on any atom is -0.474 e. The number of benzene rings is 1. The Morgan fingerprint density at radius 1 is 1.29 bits per heavy atom. The lowest BCUT2D eigenvalue weighted by atomic mass is 10.0. The van der Waals surface area contributed by atoms with E-state index in [0.717, 1.165) is 35.6 Å². The van der Waals surface area contributed by atoms with Crippen molar-refractivity contribution in [1.82, 2.24) is 15.0 Å². The Morgan fingerprint density at radius 3 is 2.89 bits per heavy atom. The zero-order chi connectivity index (χ0) is 19.5. The summed E-state index contributed by atoms with van der Waals surface area (Å²) in [7, 11) is 0. The van der Waals surface area contributed by atoms with Gasteiger partial charge in [0, 0.05) is 13.0 Å². The van der Waals surface area contributed by atoms with Crippen molar-refractivity contribution in [3.63, 3.8) is 0 Å². The van der Waals surface area contributed by atoms with Crippen LogP contribution < -0.4 is 9.64 Å². The molecule has 1 saturated heterocycles. The van der Waals surface area contributed by atoms with E-state index >= 15 is 0 Å². The zero-order valence-electron chi connectivity index (χ0n) is 16.2. The second-order valence-electron chi connectivity index (χ2n) is 7.30. The lowest BCUT2D eigenvalue weighted by molar-refractivity contribution is -0.120. The van der Waals surface area contributed by atoms with Crippen LogP contribution in [0, 0.1) is 0 Å². The third kappa shape index (κ3) is 3.99. The molecule has 1 fully saturated rings. The molecule has 1 aromatic carbocycles. The minimum atomic E-state index is -0.105. The van der Waals surface area contributed by atoms with Gasteiger partial charge < -0.3 is 9.64 Å². The smallest absolute Gasteiger partial charge is 0.236 e. The first-order valence-corrected chi connectivity index (χ1v) is 10.5. The van der Waals surface area contributed by atoms with Gasteiger partial charge in [-0.15, -0.1) is 0 Å². The number of Topliss-reactive ketones (excluding diaryl/α,β-unsaturated/α-hetero) is 1. The number of rotatable bonds is 7. The molecule has 0 spiro atoms. The molecule has 1 aliphatic rings. The monoisotopic (exact) mass is 396 g/mol. The summed E-state index contributed by atoms with van der Waals surface area (Å²) in [5.41, 5.74) is 1.83. The van der Waals surface area contributed by atoms with Gasteiger partial charge in [-0.25, -0.2) is 9.97 Å². The standard InChI is InChI=1S/C21H24N4O2S/c1-14(2)27-20-18-19(22-13-23-20)24-21(28-18)25-12-6-9-16(25)17(26)11-10-15-7-4-3-5-8-15/h3-5,7-8,13-14,16H,6,9-12H2,1-2H3/t16-/m1/s1. The molecule has 1 atom stereocenters. The number of anilines is 1. The molecule has 7 heteroatoms. The van der Waals surface area contributed by atoms with Crippen LogP contribution >= 0.6 is 11.3 Å². The number of nitrogens with zero attached hydrogens (tertiary/aromatic N) is 4. The van der Waals surface area contributed by atoms with Crippen molar-refractivity contribution >= 4 is 32.6 Å². The third-order valence-corrected chi connectivity index (χ3v) is 5.94. The van der Waals surface area contributed by atoms with Crippen LogP contribution in [0.4, 0.5) is 5.13 Å². The molecule has 2 aromatic heterocycles. The molecule has 4 rings (SSSR count). The summed E-state index contributed by atoms with van der Waals surface area (Å²) in [6.07, 6.45) is 4.72. The fourth-order valence-corrected chi connectivity index (χ4v) is 4.59.